The molecule has 3 aromatic rings. The highest BCUT2D eigenvalue weighted by atomic mass is 32.1. The molecule has 5 rings (SSSR count). The van der Waals surface area contributed by atoms with E-state index >= 15 is 0 Å². The Balaban J connectivity index is 1.15. The standard InChI is InChI=1S/C22H23N5O2S2/c1-15-18(31-19(24-15)16-5-3-2-4-6-16)21(28)27-13-17(14-27)25-8-10-26(11-9-25)22(29)20-23-7-12-30-20/h2-7,12,17H,8-11,13-14H2,1H3. The summed E-state index contributed by atoms with van der Waals surface area (Å²) in [5, 5.41) is 3.28. The Hall–Kier alpha value is -2.62. The lowest BCUT2D eigenvalue weighted by Gasteiger charge is -2.47. The number of carbonyl (C=O) groups excluding carboxylic acids is 2. The van der Waals surface area contributed by atoms with Gasteiger partial charge in [0.2, 0.25) is 0 Å². The molecule has 0 saturated carbocycles. The molecule has 2 aromatic heterocycles. The molecule has 2 aliphatic heterocycles. The fourth-order valence-electron chi connectivity index (χ4n) is 4.05. The first-order chi connectivity index (χ1) is 15.1. The number of nitrogens with zero attached hydrogens (tertiary/aromatic N) is 5. The second kappa shape index (κ2) is 8.49. The minimum absolute atomic E-state index is 0.0231. The smallest absolute Gasteiger partial charge is 0.282 e. The molecule has 0 aliphatic carbocycles. The topological polar surface area (TPSA) is 69.6 Å². The Morgan fingerprint density at radius 1 is 1.00 bits per heavy atom. The minimum atomic E-state index is 0.0231. The summed E-state index contributed by atoms with van der Waals surface area (Å²) in [6.07, 6.45) is 1.67. The molecule has 0 spiro atoms. The maximum Gasteiger partial charge on any atom is 0.282 e. The van der Waals surface area contributed by atoms with Crippen molar-refractivity contribution in [3.05, 3.63) is 57.5 Å². The van der Waals surface area contributed by atoms with E-state index in [4.69, 9.17) is 0 Å². The summed E-state index contributed by atoms with van der Waals surface area (Å²) in [7, 11) is 0. The number of rotatable bonds is 4. The van der Waals surface area contributed by atoms with Crippen LogP contribution in [0.1, 0.15) is 25.2 Å². The zero-order valence-electron chi connectivity index (χ0n) is 17.2. The van der Waals surface area contributed by atoms with E-state index in [1.165, 1.54) is 22.7 Å². The van der Waals surface area contributed by atoms with Gasteiger partial charge in [0.05, 0.1) is 5.69 Å². The first-order valence-electron chi connectivity index (χ1n) is 10.3. The predicted molar refractivity (Wildman–Crippen MR) is 122 cm³/mol. The second-order valence-electron chi connectivity index (χ2n) is 7.83. The lowest BCUT2D eigenvalue weighted by Crippen LogP contribution is -2.64. The number of benzene rings is 1. The summed E-state index contributed by atoms with van der Waals surface area (Å²) in [5.74, 6) is 0.0981. The van der Waals surface area contributed by atoms with E-state index in [2.05, 4.69) is 14.9 Å². The SMILES string of the molecule is Cc1nc(-c2ccccc2)sc1C(=O)N1CC(N2CCN(C(=O)c3nccs3)CC2)C1. The van der Waals surface area contributed by atoms with Gasteiger partial charge in [0.25, 0.3) is 11.8 Å². The van der Waals surface area contributed by atoms with Gasteiger partial charge in [-0.3, -0.25) is 14.5 Å². The third kappa shape index (κ3) is 4.00. The van der Waals surface area contributed by atoms with Gasteiger partial charge in [-0.15, -0.1) is 22.7 Å². The zero-order valence-corrected chi connectivity index (χ0v) is 18.9. The first-order valence-corrected chi connectivity index (χ1v) is 12.0. The Bertz CT molecular complexity index is 1070. The van der Waals surface area contributed by atoms with Gasteiger partial charge in [-0.2, -0.15) is 0 Å². The number of thiazole rings is 2. The van der Waals surface area contributed by atoms with Crippen LogP contribution in [0.2, 0.25) is 0 Å². The number of carbonyl (C=O) groups is 2. The van der Waals surface area contributed by atoms with Crippen LogP contribution in [0.4, 0.5) is 0 Å². The van der Waals surface area contributed by atoms with E-state index < -0.39 is 0 Å². The summed E-state index contributed by atoms with van der Waals surface area (Å²) in [4.78, 5) is 41.1. The molecule has 0 atom stereocenters. The molecule has 2 aliphatic rings. The number of piperazine rings is 1. The van der Waals surface area contributed by atoms with Gasteiger partial charge in [-0.05, 0) is 6.92 Å². The van der Waals surface area contributed by atoms with Crippen LogP contribution in [0.5, 0.6) is 0 Å². The Morgan fingerprint density at radius 3 is 2.42 bits per heavy atom. The van der Waals surface area contributed by atoms with Gasteiger partial charge in [0, 0.05) is 62.5 Å². The van der Waals surface area contributed by atoms with Crippen molar-refractivity contribution >= 4 is 34.5 Å². The predicted octanol–water partition coefficient (Wildman–Crippen LogP) is 2.86. The highest BCUT2D eigenvalue weighted by molar-refractivity contribution is 7.17. The Morgan fingerprint density at radius 2 is 1.74 bits per heavy atom. The summed E-state index contributed by atoms with van der Waals surface area (Å²) in [6.45, 7) is 6.46. The molecular weight excluding hydrogens is 430 g/mol. The second-order valence-corrected chi connectivity index (χ2v) is 9.72. The summed E-state index contributed by atoms with van der Waals surface area (Å²) < 4.78 is 0. The van der Waals surface area contributed by atoms with E-state index in [1.54, 1.807) is 6.20 Å². The largest absolute Gasteiger partial charge is 0.335 e. The van der Waals surface area contributed by atoms with E-state index in [-0.39, 0.29) is 11.8 Å². The number of hydrogen-bond acceptors (Lipinski definition) is 7. The molecule has 2 fully saturated rings. The number of aryl methyl sites for hydroxylation is 1. The Kier molecular flexibility index (Phi) is 5.56. The van der Waals surface area contributed by atoms with Crippen LogP contribution in [-0.4, -0.2) is 81.8 Å². The molecule has 2 amide bonds. The molecule has 0 bridgehead atoms. The van der Waals surface area contributed by atoms with Crippen LogP contribution in [-0.2, 0) is 0 Å². The van der Waals surface area contributed by atoms with E-state index in [0.29, 0.717) is 24.1 Å². The molecule has 0 unspecified atom stereocenters. The molecule has 160 valence electrons. The van der Waals surface area contributed by atoms with Gasteiger partial charge >= 0.3 is 0 Å². The lowest BCUT2D eigenvalue weighted by atomic mass is 10.1. The lowest BCUT2D eigenvalue weighted by molar-refractivity contribution is 0.00874. The number of aromatic nitrogens is 2. The maximum atomic E-state index is 13.0. The van der Waals surface area contributed by atoms with E-state index in [9.17, 15) is 9.59 Å². The van der Waals surface area contributed by atoms with Gasteiger partial charge in [0.15, 0.2) is 5.01 Å². The van der Waals surface area contributed by atoms with Gasteiger partial charge < -0.3 is 9.80 Å². The van der Waals surface area contributed by atoms with Crippen LogP contribution in [0.3, 0.4) is 0 Å². The number of likely N-dealkylation sites (tertiary alicyclic amines) is 1. The highest BCUT2D eigenvalue weighted by Gasteiger charge is 2.38. The average molecular weight is 454 g/mol. The summed E-state index contributed by atoms with van der Waals surface area (Å²) in [6, 6.07) is 10.3. The summed E-state index contributed by atoms with van der Waals surface area (Å²) in [5.41, 5.74) is 1.84. The van der Waals surface area contributed by atoms with Crippen molar-refractivity contribution in [1.29, 1.82) is 0 Å². The van der Waals surface area contributed by atoms with Crippen molar-refractivity contribution < 1.29 is 9.59 Å². The molecule has 2 saturated heterocycles. The molecule has 0 radical (unpaired) electrons. The van der Waals surface area contributed by atoms with Gasteiger partial charge in [-0.1, -0.05) is 30.3 Å². The Labute approximate surface area is 189 Å². The van der Waals surface area contributed by atoms with E-state index in [1.807, 2.05) is 52.4 Å². The van der Waals surface area contributed by atoms with Gasteiger partial charge in [0.1, 0.15) is 9.88 Å². The van der Waals surface area contributed by atoms with E-state index in [0.717, 1.165) is 47.3 Å². The summed E-state index contributed by atoms with van der Waals surface area (Å²) >= 11 is 2.86. The maximum absolute atomic E-state index is 13.0. The molecule has 9 heteroatoms. The molecule has 4 heterocycles. The fraction of sp³-hybridized carbons (Fsp3) is 0.364. The first kappa shape index (κ1) is 20.3. The third-order valence-electron chi connectivity index (χ3n) is 5.89. The molecule has 31 heavy (non-hydrogen) atoms. The minimum Gasteiger partial charge on any atom is -0.335 e. The zero-order chi connectivity index (χ0) is 21.4. The van der Waals surface area contributed by atoms with Crippen molar-refractivity contribution in [2.75, 3.05) is 39.3 Å². The normalized spacial score (nSPS) is 17.6. The fourth-order valence-corrected chi connectivity index (χ4v) is 5.69. The van der Waals surface area contributed by atoms with Crippen LogP contribution in [0.25, 0.3) is 10.6 Å². The molecular formula is C22H23N5O2S2. The van der Waals surface area contributed by atoms with Crippen molar-refractivity contribution in [3.63, 3.8) is 0 Å². The highest BCUT2D eigenvalue weighted by Crippen LogP contribution is 2.30. The monoisotopic (exact) mass is 453 g/mol. The van der Waals surface area contributed by atoms with Crippen molar-refractivity contribution in [2.45, 2.75) is 13.0 Å². The van der Waals surface area contributed by atoms with Crippen molar-refractivity contribution in [2.24, 2.45) is 0 Å². The van der Waals surface area contributed by atoms with Crippen LogP contribution < -0.4 is 0 Å². The average Bonchev–Trinajstić information content (AvgIpc) is 3.43. The third-order valence-corrected chi connectivity index (χ3v) is 7.85. The molecule has 1 aromatic carbocycles. The number of hydrogen-bond donors (Lipinski definition) is 0. The molecule has 0 N–H and O–H groups in total. The number of amides is 2. The van der Waals surface area contributed by atoms with Crippen LogP contribution in [0, 0.1) is 6.92 Å². The van der Waals surface area contributed by atoms with Crippen LogP contribution in [0.15, 0.2) is 41.9 Å². The quantitative estimate of drug-likeness (QED) is 0.608. The van der Waals surface area contributed by atoms with Crippen LogP contribution >= 0.6 is 22.7 Å². The molecule has 7 nitrogen and oxygen atoms in total. The van der Waals surface area contributed by atoms with Crippen molar-refractivity contribution in [1.82, 2.24) is 24.7 Å². The van der Waals surface area contributed by atoms with Crippen molar-refractivity contribution in [3.8, 4) is 10.6 Å². The van der Waals surface area contributed by atoms with Gasteiger partial charge in [-0.25, -0.2) is 9.97 Å².